The SMILES string of the molecule is [CH2]C(C)CS(=O)(=O)c1ccccc1. The van der Waals surface area contributed by atoms with Gasteiger partial charge in [-0.25, -0.2) is 8.42 Å². The lowest BCUT2D eigenvalue weighted by atomic mass is 10.3. The molecule has 0 spiro atoms. The number of rotatable bonds is 3. The van der Waals surface area contributed by atoms with E-state index in [4.69, 9.17) is 0 Å². The minimum absolute atomic E-state index is 0.0785. The molecule has 1 unspecified atom stereocenters. The molecular weight excluding hydrogens is 184 g/mol. The average molecular weight is 197 g/mol. The van der Waals surface area contributed by atoms with Gasteiger partial charge in [0.15, 0.2) is 9.84 Å². The van der Waals surface area contributed by atoms with Gasteiger partial charge in [-0.15, -0.1) is 0 Å². The van der Waals surface area contributed by atoms with Crippen molar-refractivity contribution < 1.29 is 8.42 Å². The Bertz CT molecular complexity index is 352. The molecule has 0 saturated heterocycles. The zero-order valence-electron chi connectivity index (χ0n) is 7.60. The van der Waals surface area contributed by atoms with Gasteiger partial charge in [-0.3, -0.25) is 0 Å². The quantitative estimate of drug-likeness (QED) is 0.742. The Morgan fingerprint density at radius 3 is 2.31 bits per heavy atom. The van der Waals surface area contributed by atoms with E-state index in [-0.39, 0.29) is 11.7 Å². The Morgan fingerprint density at radius 1 is 1.31 bits per heavy atom. The first-order valence-corrected chi connectivity index (χ1v) is 5.78. The Labute approximate surface area is 79.5 Å². The molecule has 0 aromatic heterocycles. The Balaban J connectivity index is 2.96. The van der Waals surface area contributed by atoms with Crippen molar-refractivity contribution in [3.8, 4) is 0 Å². The maximum atomic E-state index is 11.6. The second kappa shape index (κ2) is 3.92. The first kappa shape index (κ1) is 10.3. The monoisotopic (exact) mass is 197 g/mol. The highest BCUT2D eigenvalue weighted by molar-refractivity contribution is 7.91. The molecule has 0 heterocycles. The van der Waals surface area contributed by atoms with E-state index in [2.05, 4.69) is 6.92 Å². The minimum Gasteiger partial charge on any atom is -0.224 e. The lowest BCUT2D eigenvalue weighted by Gasteiger charge is -2.05. The van der Waals surface area contributed by atoms with Gasteiger partial charge >= 0.3 is 0 Å². The third-order valence-electron chi connectivity index (χ3n) is 1.61. The molecule has 1 rings (SSSR count). The summed E-state index contributed by atoms with van der Waals surface area (Å²) in [6.45, 7) is 5.46. The standard InChI is InChI=1S/C10H13O2S/c1-9(2)8-13(11,12)10-6-4-3-5-7-10/h3-7,9H,1,8H2,2H3. The van der Waals surface area contributed by atoms with Gasteiger partial charge < -0.3 is 0 Å². The van der Waals surface area contributed by atoms with Crippen LogP contribution < -0.4 is 0 Å². The molecule has 1 atom stereocenters. The fourth-order valence-corrected chi connectivity index (χ4v) is 2.61. The van der Waals surface area contributed by atoms with Crippen LogP contribution in [-0.4, -0.2) is 14.2 Å². The van der Waals surface area contributed by atoms with Gasteiger partial charge in [0.05, 0.1) is 10.6 Å². The zero-order chi connectivity index (χ0) is 9.90. The van der Waals surface area contributed by atoms with Gasteiger partial charge in [-0.2, -0.15) is 0 Å². The van der Waals surface area contributed by atoms with Crippen molar-refractivity contribution in [2.45, 2.75) is 11.8 Å². The molecule has 13 heavy (non-hydrogen) atoms. The topological polar surface area (TPSA) is 34.1 Å². The maximum absolute atomic E-state index is 11.6. The summed E-state index contributed by atoms with van der Waals surface area (Å²) in [7, 11) is -3.12. The van der Waals surface area contributed by atoms with Gasteiger partial charge in [0.25, 0.3) is 0 Å². The molecule has 3 heteroatoms. The van der Waals surface area contributed by atoms with Gasteiger partial charge in [-0.1, -0.05) is 25.1 Å². The molecule has 0 aliphatic carbocycles. The van der Waals surface area contributed by atoms with Crippen molar-refractivity contribution in [1.29, 1.82) is 0 Å². The van der Waals surface area contributed by atoms with Crippen LogP contribution in [0.2, 0.25) is 0 Å². The molecule has 71 valence electrons. The highest BCUT2D eigenvalue weighted by Gasteiger charge is 2.14. The molecule has 0 aliphatic rings. The first-order valence-electron chi connectivity index (χ1n) is 4.13. The molecular formula is C10H13O2S. The van der Waals surface area contributed by atoms with Crippen LogP contribution in [0.25, 0.3) is 0 Å². The fourth-order valence-electron chi connectivity index (χ4n) is 1.10. The summed E-state index contributed by atoms with van der Waals surface area (Å²) in [4.78, 5) is 0.380. The maximum Gasteiger partial charge on any atom is 0.178 e. The number of hydrogen-bond donors (Lipinski definition) is 0. The van der Waals surface area contributed by atoms with Crippen molar-refractivity contribution in [1.82, 2.24) is 0 Å². The molecule has 2 nitrogen and oxygen atoms in total. The van der Waals surface area contributed by atoms with E-state index >= 15 is 0 Å². The molecule has 1 radical (unpaired) electrons. The fraction of sp³-hybridized carbons (Fsp3) is 0.300. The van der Waals surface area contributed by atoms with Crippen LogP contribution in [0, 0.1) is 12.8 Å². The second-order valence-corrected chi connectivity index (χ2v) is 5.23. The van der Waals surface area contributed by atoms with E-state index < -0.39 is 9.84 Å². The summed E-state index contributed by atoms with van der Waals surface area (Å²) in [5, 5.41) is 0. The smallest absolute Gasteiger partial charge is 0.178 e. The van der Waals surface area contributed by atoms with Crippen molar-refractivity contribution >= 4 is 9.84 Å². The lowest BCUT2D eigenvalue weighted by Crippen LogP contribution is -2.11. The van der Waals surface area contributed by atoms with Crippen molar-refractivity contribution in [3.63, 3.8) is 0 Å². The second-order valence-electron chi connectivity index (χ2n) is 3.20. The number of hydrogen-bond acceptors (Lipinski definition) is 2. The van der Waals surface area contributed by atoms with Crippen LogP contribution in [0.4, 0.5) is 0 Å². The average Bonchev–Trinajstić information content (AvgIpc) is 2.04. The van der Waals surface area contributed by atoms with E-state index in [1.165, 1.54) is 0 Å². The summed E-state index contributed by atoms with van der Waals surface area (Å²) in [6, 6.07) is 8.46. The van der Waals surface area contributed by atoms with Crippen LogP contribution in [-0.2, 0) is 9.84 Å². The van der Waals surface area contributed by atoms with Crippen molar-refractivity contribution in [2.24, 2.45) is 5.92 Å². The summed E-state index contributed by atoms with van der Waals surface area (Å²) in [5.41, 5.74) is 0. The van der Waals surface area contributed by atoms with Crippen LogP contribution in [0.5, 0.6) is 0 Å². The van der Waals surface area contributed by atoms with E-state index in [0.29, 0.717) is 4.90 Å². The van der Waals surface area contributed by atoms with Crippen LogP contribution in [0.15, 0.2) is 35.2 Å². The first-order chi connectivity index (χ1) is 6.02. The molecule has 1 aromatic rings. The predicted molar refractivity (Wildman–Crippen MR) is 53.0 cm³/mol. The molecule has 0 bridgehead atoms. The Morgan fingerprint density at radius 2 is 1.85 bits per heavy atom. The van der Waals surface area contributed by atoms with Gasteiger partial charge in [-0.05, 0) is 25.0 Å². The third-order valence-corrected chi connectivity index (χ3v) is 3.60. The van der Waals surface area contributed by atoms with Crippen LogP contribution in [0.1, 0.15) is 6.92 Å². The summed E-state index contributed by atoms with van der Waals surface area (Å²) in [6.07, 6.45) is 0. The highest BCUT2D eigenvalue weighted by Crippen LogP contribution is 2.12. The molecule has 0 saturated carbocycles. The third kappa shape index (κ3) is 2.84. The summed E-state index contributed by atoms with van der Waals surface area (Å²) >= 11 is 0. The molecule has 0 aliphatic heterocycles. The zero-order valence-corrected chi connectivity index (χ0v) is 8.42. The summed E-state index contributed by atoms with van der Waals surface area (Å²) < 4.78 is 23.2. The van der Waals surface area contributed by atoms with E-state index in [0.717, 1.165) is 0 Å². The Kier molecular flexibility index (Phi) is 3.09. The lowest BCUT2D eigenvalue weighted by molar-refractivity contribution is 0.588. The van der Waals surface area contributed by atoms with Gasteiger partial charge in [0.1, 0.15) is 0 Å². The largest absolute Gasteiger partial charge is 0.224 e. The van der Waals surface area contributed by atoms with Crippen LogP contribution >= 0.6 is 0 Å². The normalized spacial score (nSPS) is 11.9. The highest BCUT2D eigenvalue weighted by atomic mass is 32.2. The van der Waals surface area contributed by atoms with Gasteiger partial charge in [0.2, 0.25) is 0 Å². The van der Waals surface area contributed by atoms with E-state index in [1.807, 2.05) is 0 Å². The molecule has 0 N–H and O–H groups in total. The molecule has 0 fully saturated rings. The molecule has 1 aromatic carbocycles. The van der Waals surface area contributed by atoms with Crippen molar-refractivity contribution in [3.05, 3.63) is 37.3 Å². The number of sulfone groups is 1. The van der Waals surface area contributed by atoms with Crippen molar-refractivity contribution in [2.75, 3.05) is 5.75 Å². The summed E-state index contributed by atoms with van der Waals surface area (Å²) in [5.74, 6) is 0.0296. The van der Waals surface area contributed by atoms with E-state index in [9.17, 15) is 8.42 Å². The van der Waals surface area contributed by atoms with Crippen LogP contribution in [0.3, 0.4) is 0 Å². The predicted octanol–water partition coefficient (Wildman–Crippen LogP) is 1.93. The molecule has 0 amide bonds. The van der Waals surface area contributed by atoms with E-state index in [1.54, 1.807) is 37.3 Å². The number of benzene rings is 1. The van der Waals surface area contributed by atoms with Gasteiger partial charge in [0, 0.05) is 0 Å². The minimum atomic E-state index is -3.12. The Hall–Kier alpha value is -0.830.